The molecule has 1 aromatic carbocycles. The standard InChI is InChI=1S/C29H34F4N6O4S/c1-15-16(6-7-17(30)21(15)31)22-20(26(40)43-5)18(35-24(36-22)25-34-9-11-44-25)12-38-14-29(32,33)23-19(38)13-37(4)39(23)10-8-28(2,3)27(41)42/h6-7,9,11,19,22-23H,8,10,12-14H2,1-5H3,(H,35,36)(H,41,42). The number of hydrogen-bond acceptors (Lipinski definition) is 10. The number of carboxylic acids is 1. The highest BCUT2D eigenvalue weighted by molar-refractivity contribution is 7.11. The fourth-order valence-corrected chi connectivity index (χ4v) is 6.67. The minimum absolute atomic E-state index is 0.0138. The molecule has 3 atom stereocenters. The van der Waals surface area contributed by atoms with Crippen molar-refractivity contribution < 1.29 is 37.0 Å². The van der Waals surface area contributed by atoms with E-state index < -0.39 is 59.6 Å². The average Bonchev–Trinajstić information content (AvgIpc) is 3.67. The normalized spacial score (nSPS) is 24.3. The van der Waals surface area contributed by atoms with Gasteiger partial charge in [0.25, 0.3) is 5.92 Å². The Balaban J connectivity index is 1.53. The van der Waals surface area contributed by atoms with Gasteiger partial charge in [0.2, 0.25) is 0 Å². The summed E-state index contributed by atoms with van der Waals surface area (Å²) in [6.45, 7) is 4.11. The first kappa shape index (κ1) is 32.0. The van der Waals surface area contributed by atoms with E-state index in [1.807, 2.05) is 0 Å². The number of hydrogen-bond donors (Lipinski definition) is 2. The van der Waals surface area contributed by atoms with E-state index in [9.17, 15) is 23.5 Å². The number of aromatic nitrogens is 1. The van der Waals surface area contributed by atoms with Crippen LogP contribution in [0.4, 0.5) is 17.6 Å². The minimum atomic E-state index is -3.16. The zero-order chi connectivity index (χ0) is 32.1. The van der Waals surface area contributed by atoms with Crippen molar-refractivity contribution in [1.82, 2.24) is 25.2 Å². The smallest absolute Gasteiger partial charge is 0.338 e. The minimum Gasteiger partial charge on any atom is -0.481 e. The number of nitrogens with zero attached hydrogens (tertiary/aromatic N) is 5. The molecule has 0 bridgehead atoms. The number of benzene rings is 1. The number of hydrazine groups is 1. The predicted octanol–water partition coefficient (Wildman–Crippen LogP) is 3.60. The molecule has 0 radical (unpaired) electrons. The molecule has 2 fully saturated rings. The highest BCUT2D eigenvalue weighted by atomic mass is 32.1. The monoisotopic (exact) mass is 638 g/mol. The van der Waals surface area contributed by atoms with Crippen molar-refractivity contribution in [3.8, 4) is 0 Å². The second-order valence-electron chi connectivity index (χ2n) is 11.9. The van der Waals surface area contributed by atoms with Crippen LogP contribution in [0.2, 0.25) is 0 Å². The van der Waals surface area contributed by atoms with Crippen LogP contribution in [-0.2, 0) is 14.3 Å². The number of ether oxygens (including phenoxy) is 1. The summed E-state index contributed by atoms with van der Waals surface area (Å²) in [6, 6.07) is -0.725. The van der Waals surface area contributed by atoms with Crippen LogP contribution < -0.4 is 5.32 Å². The molecule has 0 aliphatic carbocycles. The summed E-state index contributed by atoms with van der Waals surface area (Å²) in [7, 11) is 2.86. The van der Waals surface area contributed by atoms with E-state index >= 15 is 8.78 Å². The number of methoxy groups -OCH3 is 1. The van der Waals surface area contributed by atoms with E-state index in [1.165, 1.54) is 36.4 Å². The summed E-state index contributed by atoms with van der Waals surface area (Å²) in [4.78, 5) is 35.5. The van der Waals surface area contributed by atoms with E-state index in [4.69, 9.17) is 4.74 Å². The number of likely N-dealkylation sites (tertiary alicyclic amines) is 1. The lowest BCUT2D eigenvalue weighted by atomic mass is 9.89. The predicted molar refractivity (Wildman–Crippen MR) is 154 cm³/mol. The van der Waals surface area contributed by atoms with Crippen molar-refractivity contribution in [3.05, 3.63) is 62.7 Å². The number of nitrogens with one attached hydrogen (secondary N) is 1. The Hall–Kier alpha value is -3.40. The quantitative estimate of drug-likeness (QED) is 0.315. The van der Waals surface area contributed by atoms with Gasteiger partial charge in [0.15, 0.2) is 22.5 Å². The van der Waals surface area contributed by atoms with Gasteiger partial charge in [0.05, 0.1) is 24.6 Å². The number of esters is 1. The average molecular weight is 639 g/mol. The molecular formula is C29H34F4N6O4S. The number of thiazole rings is 1. The van der Waals surface area contributed by atoms with E-state index in [1.54, 1.807) is 42.4 Å². The van der Waals surface area contributed by atoms with Crippen molar-refractivity contribution in [3.63, 3.8) is 0 Å². The number of carbonyl (C=O) groups is 2. The maximum Gasteiger partial charge on any atom is 0.338 e. The third-order valence-electron chi connectivity index (χ3n) is 8.64. The highest BCUT2D eigenvalue weighted by Gasteiger charge is 2.61. The van der Waals surface area contributed by atoms with Crippen molar-refractivity contribution in [2.45, 2.75) is 51.2 Å². The molecule has 1 aromatic heterocycles. The van der Waals surface area contributed by atoms with Crippen LogP contribution in [0.25, 0.3) is 0 Å². The van der Waals surface area contributed by atoms with Gasteiger partial charge in [-0.15, -0.1) is 11.3 Å². The van der Waals surface area contributed by atoms with Crippen LogP contribution in [0.15, 0.2) is 40.0 Å². The van der Waals surface area contributed by atoms with Crippen molar-refractivity contribution >= 4 is 29.1 Å². The molecule has 238 valence electrons. The molecule has 3 aliphatic rings. The van der Waals surface area contributed by atoms with Gasteiger partial charge in [0.1, 0.15) is 12.1 Å². The molecule has 15 heteroatoms. The van der Waals surface area contributed by atoms with Crippen LogP contribution in [0.1, 0.15) is 42.4 Å². The lowest BCUT2D eigenvalue weighted by Gasteiger charge is -2.33. The molecule has 0 saturated carbocycles. The summed E-state index contributed by atoms with van der Waals surface area (Å²) in [5.74, 6) is -6.86. The molecule has 0 spiro atoms. The van der Waals surface area contributed by atoms with Gasteiger partial charge in [-0.05, 0) is 44.4 Å². The Bertz CT molecular complexity index is 1520. The Morgan fingerprint density at radius 2 is 2.00 bits per heavy atom. The summed E-state index contributed by atoms with van der Waals surface area (Å²) in [6.07, 6.45) is 1.72. The Kier molecular flexibility index (Phi) is 8.61. The molecule has 44 heavy (non-hydrogen) atoms. The Morgan fingerprint density at radius 3 is 2.64 bits per heavy atom. The van der Waals surface area contributed by atoms with Crippen LogP contribution >= 0.6 is 11.3 Å². The number of aliphatic carboxylic acids is 1. The number of fused-ring (bicyclic) bond motifs is 1. The Labute approximate surface area is 256 Å². The summed E-state index contributed by atoms with van der Waals surface area (Å²) in [5, 5.41) is 18.0. The molecule has 2 aromatic rings. The number of carbonyl (C=O) groups excluding carboxylic acids is 1. The summed E-state index contributed by atoms with van der Waals surface area (Å²) >= 11 is 1.26. The first-order valence-corrected chi connectivity index (χ1v) is 14.9. The van der Waals surface area contributed by atoms with E-state index in [0.29, 0.717) is 5.01 Å². The van der Waals surface area contributed by atoms with Crippen molar-refractivity contribution in [1.29, 1.82) is 0 Å². The summed E-state index contributed by atoms with van der Waals surface area (Å²) in [5.41, 5.74) is -0.715. The molecule has 10 nitrogen and oxygen atoms in total. The van der Waals surface area contributed by atoms with Gasteiger partial charge in [-0.25, -0.2) is 37.4 Å². The maximum absolute atomic E-state index is 15.7. The third-order valence-corrected chi connectivity index (χ3v) is 9.42. The number of amidine groups is 1. The van der Waals surface area contributed by atoms with Crippen LogP contribution in [0, 0.1) is 24.0 Å². The van der Waals surface area contributed by atoms with E-state index in [2.05, 4.69) is 15.3 Å². The molecular weight excluding hydrogens is 604 g/mol. The van der Waals surface area contributed by atoms with Gasteiger partial charge in [-0.3, -0.25) is 14.7 Å². The van der Waals surface area contributed by atoms with E-state index in [-0.39, 0.29) is 54.3 Å². The molecule has 2 N–H and O–H groups in total. The van der Waals surface area contributed by atoms with Crippen molar-refractivity contribution in [2.75, 3.05) is 40.3 Å². The highest BCUT2D eigenvalue weighted by Crippen LogP contribution is 2.43. The molecule has 5 rings (SSSR count). The van der Waals surface area contributed by atoms with Crippen LogP contribution in [0.3, 0.4) is 0 Å². The van der Waals surface area contributed by atoms with E-state index in [0.717, 1.165) is 6.07 Å². The van der Waals surface area contributed by atoms with Crippen molar-refractivity contribution in [2.24, 2.45) is 10.4 Å². The topological polar surface area (TPSA) is 111 Å². The van der Waals surface area contributed by atoms with Crippen LogP contribution in [0.5, 0.6) is 0 Å². The fourth-order valence-electron chi connectivity index (χ4n) is 6.08. The summed E-state index contributed by atoms with van der Waals surface area (Å²) < 4.78 is 65.4. The van der Waals surface area contributed by atoms with Gasteiger partial charge in [-0.2, -0.15) is 0 Å². The lowest BCUT2D eigenvalue weighted by Crippen LogP contribution is -2.49. The number of halogens is 4. The first-order chi connectivity index (χ1) is 20.7. The van der Waals surface area contributed by atoms with Gasteiger partial charge in [-0.1, -0.05) is 6.07 Å². The molecule has 0 amide bonds. The zero-order valence-electron chi connectivity index (χ0n) is 24.9. The molecule has 3 unspecified atom stereocenters. The van der Waals surface area contributed by atoms with Gasteiger partial charge < -0.3 is 15.2 Å². The number of rotatable bonds is 9. The van der Waals surface area contributed by atoms with Crippen LogP contribution in [-0.4, -0.2) is 101 Å². The number of likely N-dealkylation sites (N-methyl/N-ethyl adjacent to an activating group) is 1. The molecule has 2 saturated heterocycles. The largest absolute Gasteiger partial charge is 0.481 e. The second kappa shape index (κ2) is 11.8. The SMILES string of the molecule is COC(=O)C1=C(CN2CC(F)(F)C3C2CN(C)N3CCC(C)(C)C(=O)O)NC(c2nccs2)=NC1c1ccc(F)c(F)c1C. The first-order valence-electron chi connectivity index (χ1n) is 14.0. The van der Waals surface area contributed by atoms with Gasteiger partial charge in [0, 0.05) is 50.0 Å². The zero-order valence-corrected chi connectivity index (χ0v) is 25.7. The maximum atomic E-state index is 15.7. The lowest BCUT2D eigenvalue weighted by molar-refractivity contribution is -0.148. The Morgan fingerprint density at radius 1 is 1.27 bits per heavy atom. The molecule has 3 aliphatic heterocycles. The third kappa shape index (κ3) is 5.73. The second-order valence-corrected chi connectivity index (χ2v) is 12.8. The number of aliphatic imine (C=N–C) groups is 1. The van der Waals surface area contributed by atoms with Gasteiger partial charge >= 0.3 is 11.9 Å². The fraction of sp³-hybridized carbons (Fsp3) is 0.517. The number of carboxylic acid groups (broad SMARTS) is 1. The number of alkyl halides is 2. The molecule has 4 heterocycles.